The average Bonchev–Trinajstić information content (AvgIpc) is 2.77. The molecule has 1 unspecified atom stereocenters. The van der Waals surface area contributed by atoms with Crippen LogP contribution in [0.5, 0.6) is 5.75 Å². The van der Waals surface area contributed by atoms with Gasteiger partial charge in [0.15, 0.2) is 0 Å². The highest BCUT2D eigenvalue weighted by atomic mass is 16.5. The number of rotatable bonds is 5. The Hall–Kier alpha value is -2.29. The first-order chi connectivity index (χ1) is 11.3. The number of benzene rings is 2. The predicted molar refractivity (Wildman–Crippen MR) is 94.4 cm³/mol. The summed E-state index contributed by atoms with van der Waals surface area (Å²) in [7, 11) is 0. The van der Waals surface area contributed by atoms with Crippen molar-refractivity contribution in [2.24, 2.45) is 5.41 Å². The fraction of sp³-hybridized carbons (Fsp3) is 0.381. The molecule has 3 rings (SSSR count). The minimum atomic E-state index is -0.769. The summed E-state index contributed by atoms with van der Waals surface area (Å²) in [6.07, 6.45) is 1.76. The summed E-state index contributed by atoms with van der Waals surface area (Å²) in [6, 6.07) is 14.4. The zero-order valence-electron chi connectivity index (χ0n) is 14.5. The molecule has 1 N–H and O–H groups in total. The number of carboxylic acids is 1. The van der Waals surface area contributed by atoms with Crippen LogP contribution in [0, 0.1) is 12.3 Å². The largest absolute Gasteiger partial charge is 0.485 e. The van der Waals surface area contributed by atoms with Crippen LogP contribution >= 0.6 is 0 Å². The Morgan fingerprint density at radius 2 is 1.92 bits per heavy atom. The molecule has 126 valence electrons. The fourth-order valence-electron chi connectivity index (χ4n) is 3.47. The highest BCUT2D eigenvalue weighted by Crippen LogP contribution is 2.47. The van der Waals surface area contributed by atoms with Gasteiger partial charge in [-0.15, -0.1) is 0 Å². The van der Waals surface area contributed by atoms with E-state index in [0.717, 1.165) is 17.7 Å². The number of hydrogen-bond acceptors (Lipinski definition) is 2. The van der Waals surface area contributed by atoms with E-state index in [-0.39, 0.29) is 17.9 Å². The van der Waals surface area contributed by atoms with Crippen LogP contribution in [0.15, 0.2) is 42.5 Å². The van der Waals surface area contributed by atoms with Crippen LogP contribution in [0.2, 0.25) is 0 Å². The number of aryl methyl sites for hydroxylation is 2. The van der Waals surface area contributed by atoms with Crippen LogP contribution in [-0.2, 0) is 17.6 Å². The lowest BCUT2D eigenvalue weighted by Crippen LogP contribution is -2.22. The Morgan fingerprint density at radius 3 is 2.58 bits per heavy atom. The first-order valence-electron chi connectivity index (χ1n) is 8.42. The number of carbonyl (C=O) groups is 1. The molecule has 24 heavy (non-hydrogen) atoms. The zero-order valence-corrected chi connectivity index (χ0v) is 14.5. The number of carboxylic acid groups (broad SMARTS) is 1. The second kappa shape index (κ2) is 6.31. The molecule has 0 spiro atoms. The van der Waals surface area contributed by atoms with Gasteiger partial charge in [0.25, 0.3) is 0 Å². The van der Waals surface area contributed by atoms with Gasteiger partial charge in [0.2, 0.25) is 0 Å². The van der Waals surface area contributed by atoms with Crippen molar-refractivity contribution < 1.29 is 14.6 Å². The summed E-state index contributed by atoms with van der Waals surface area (Å²) >= 11 is 0. The molecule has 0 saturated carbocycles. The first kappa shape index (κ1) is 16.6. The number of fused-ring (bicyclic) bond motifs is 1. The van der Waals surface area contributed by atoms with Crippen molar-refractivity contribution in [1.82, 2.24) is 0 Å². The van der Waals surface area contributed by atoms with E-state index in [2.05, 4.69) is 39.0 Å². The van der Waals surface area contributed by atoms with E-state index in [9.17, 15) is 4.79 Å². The minimum absolute atomic E-state index is 0.0391. The van der Waals surface area contributed by atoms with Crippen LogP contribution in [0.3, 0.4) is 0 Å². The van der Waals surface area contributed by atoms with Crippen molar-refractivity contribution in [1.29, 1.82) is 0 Å². The molecular formula is C21H24O3. The molecule has 2 aromatic rings. The van der Waals surface area contributed by atoms with Crippen LogP contribution in [-0.4, -0.2) is 11.1 Å². The lowest BCUT2D eigenvalue weighted by Gasteiger charge is -2.28. The molecule has 0 radical (unpaired) electrons. The van der Waals surface area contributed by atoms with Gasteiger partial charge in [-0.3, -0.25) is 4.79 Å². The Kier molecular flexibility index (Phi) is 4.35. The molecule has 0 amide bonds. The predicted octanol–water partition coefficient (Wildman–Crippen LogP) is 4.71. The van der Waals surface area contributed by atoms with E-state index in [4.69, 9.17) is 9.84 Å². The fourth-order valence-corrected chi connectivity index (χ4v) is 3.47. The molecule has 0 bridgehead atoms. The standard InChI is InChI=1S/C21H24O3/c1-14-4-8-16-13-21(2,3)20(18(16)12-14)24-17-9-5-15(6-10-17)7-11-19(22)23/h4-6,8-10,12,20H,7,11,13H2,1-3H3,(H,22,23). The summed E-state index contributed by atoms with van der Waals surface area (Å²) in [4.78, 5) is 10.7. The topological polar surface area (TPSA) is 46.5 Å². The molecular weight excluding hydrogens is 300 g/mol. The van der Waals surface area contributed by atoms with E-state index in [1.54, 1.807) is 0 Å². The zero-order chi connectivity index (χ0) is 17.3. The van der Waals surface area contributed by atoms with Gasteiger partial charge in [0, 0.05) is 11.8 Å². The second-order valence-electron chi connectivity index (χ2n) is 7.40. The summed E-state index contributed by atoms with van der Waals surface area (Å²) in [5.41, 5.74) is 4.98. The van der Waals surface area contributed by atoms with Crippen molar-refractivity contribution in [2.75, 3.05) is 0 Å². The molecule has 0 aromatic heterocycles. The van der Waals surface area contributed by atoms with E-state index >= 15 is 0 Å². The van der Waals surface area contributed by atoms with Gasteiger partial charge in [-0.2, -0.15) is 0 Å². The smallest absolute Gasteiger partial charge is 0.303 e. The van der Waals surface area contributed by atoms with Gasteiger partial charge in [0.05, 0.1) is 0 Å². The Labute approximate surface area is 143 Å². The van der Waals surface area contributed by atoms with Crippen LogP contribution in [0.25, 0.3) is 0 Å². The molecule has 1 aliphatic rings. The van der Waals surface area contributed by atoms with Gasteiger partial charge in [-0.1, -0.05) is 49.7 Å². The third-order valence-corrected chi connectivity index (χ3v) is 4.74. The molecule has 0 heterocycles. The number of ether oxygens (including phenoxy) is 1. The summed E-state index contributed by atoms with van der Waals surface area (Å²) in [6.45, 7) is 6.60. The van der Waals surface area contributed by atoms with Crippen molar-refractivity contribution in [3.8, 4) is 5.75 Å². The summed E-state index contributed by atoms with van der Waals surface area (Å²) < 4.78 is 6.34. The molecule has 0 aliphatic heterocycles. The van der Waals surface area contributed by atoms with E-state index in [1.807, 2.05) is 24.3 Å². The van der Waals surface area contributed by atoms with Gasteiger partial charge in [0.1, 0.15) is 11.9 Å². The normalized spacial score (nSPS) is 18.2. The Morgan fingerprint density at radius 1 is 1.21 bits per heavy atom. The maximum absolute atomic E-state index is 10.7. The van der Waals surface area contributed by atoms with Crippen molar-refractivity contribution in [3.05, 3.63) is 64.7 Å². The first-order valence-corrected chi connectivity index (χ1v) is 8.42. The van der Waals surface area contributed by atoms with E-state index < -0.39 is 5.97 Å². The summed E-state index contributed by atoms with van der Waals surface area (Å²) in [5.74, 6) is 0.0662. The van der Waals surface area contributed by atoms with Crippen molar-refractivity contribution in [3.63, 3.8) is 0 Å². The average molecular weight is 324 g/mol. The molecule has 1 aliphatic carbocycles. The summed E-state index contributed by atoms with van der Waals surface area (Å²) in [5, 5.41) is 8.77. The number of hydrogen-bond donors (Lipinski definition) is 1. The maximum Gasteiger partial charge on any atom is 0.303 e. The van der Waals surface area contributed by atoms with Crippen LogP contribution in [0.1, 0.15) is 48.6 Å². The van der Waals surface area contributed by atoms with E-state index in [1.165, 1.54) is 16.7 Å². The molecule has 3 nitrogen and oxygen atoms in total. The maximum atomic E-state index is 10.7. The lowest BCUT2D eigenvalue weighted by molar-refractivity contribution is -0.136. The van der Waals surface area contributed by atoms with Crippen molar-refractivity contribution in [2.45, 2.75) is 46.1 Å². The second-order valence-corrected chi connectivity index (χ2v) is 7.40. The highest BCUT2D eigenvalue weighted by molar-refractivity contribution is 5.67. The Balaban J connectivity index is 1.78. The third-order valence-electron chi connectivity index (χ3n) is 4.74. The SMILES string of the molecule is Cc1ccc2c(c1)C(Oc1ccc(CCC(=O)O)cc1)C(C)(C)C2. The van der Waals surface area contributed by atoms with E-state index in [0.29, 0.717) is 6.42 Å². The molecule has 0 fully saturated rings. The van der Waals surface area contributed by atoms with Crippen LogP contribution in [0.4, 0.5) is 0 Å². The van der Waals surface area contributed by atoms with Gasteiger partial charge in [-0.25, -0.2) is 0 Å². The third kappa shape index (κ3) is 3.45. The molecule has 0 saturated heterocycles. The molecule has 2 aromatic carbocycles. The molecule has 1 atom stereocenters. The van der Waals surface area contributed by atoms with Crippen molar-refractivity contribution >= 4 is 5.97 Å². The lowest BCUT2D eigenvalue weighted by atomic mass is 9.87. The highest BCUT2D eigenvalue weighted by Gasteiger charge is 2.40. The minimum Gasteiger partial charge on any atom is -0.485 e. The van der Waals surface area contributed by atoms with Gasteiger partial charge >= 0.3 is 5.97 Å². The monoisotopic (exact) mass is 324 g/mol. The van der Waals surface area contributed by atoms with Gasteiger partial charge < -0.3 is 9.84 Å². The Bertz CT molecular complexity index is 744. The number of aliphatic carboxylic acids is 1. The van der Waals surface area contributed by atoms with Gasteiger partial charge in [-0.05, 0) is 48.6 Å². The van der Waals surface area contributed by atoms with Crippen LogP contribution < -0.4 is 4.74 Å². The quantitative estimate of drug-likeness (QED) is 0.866. The molecule has 3 heteroatoms.